The highest BCUT2D eigenvalue weighted by atomic mass is 16.5. The van der Waals surface area contributed by atoms with Gasteiger partial charge in [-0.05, 0) is 26.0 Å². The van der Waals surface area contributed by atoms with E-state index in [1.54, 1.807) is 12.1 Å². The number of carbonyl (C=O) groups is 1. The Morgan fingerprint density at radius 1 is 1.36 bits per heavy atom. The molecule has 2 aromatic heterocycles. The lowest BCUT2D eigenvalue weighted by molar-refractivity contribution is 0.0697. The second-order valence-corrected chi connectivity index (χ2v) is 6.31. The molecule has 0 aliphatic carbocycles. The first kappa shape index (κ1) is 15.1. The van der Waals surface area contributed by atoms with Crippen LogP contribution in [-0.2, 0) is 0 Å². The van der Waals surface area contributed by atoms with Crippen molar-refractivity contribution in [1.82, 2.24) is 19.7 Å². The van der Waals surface area contributed by atoms with Gasteiger partial charge in [-0.1, -0.05) is 6.08 Å². The topological polar surface area (TPSA) is 110 Å². The van der Waals surface area contributed by atoms with Crippen LogP contribution in [0.15, 0.2) is 35.4 Å². The first-order valence-corrected chi connectivity index (χ1v) is 7.57. The molecule has 8 nitrogen and oxygen atoms in total. The highest BCUT2D eigenvalue weighted by Gasteiger charge is 2.23. The van der Waals surface area contributed by atoms with Crippen LogP contribution in [0.3, 0.4) is 0 Å². The lowest BCUT2D eigenvalue weighted by Gasteiger charge is -2.27. The number of ether oxygens (including phenoxy) is 1. The van der Waals surface area contributed by atoms with E-state index in [-0.39, 0.29) is 17.1 Å². The summed E-state index contributed by atoms with van der Waals surface area (Å²) in [5.41, 5.74) is 0.468. The standard InChI is InChI=1S/C17H14N4O4/c1-17(2)4-3-9-5-11-12(6-13(9)25-17)19-16(20-14(11)22)21-8-10(7-18-21)15(23)24/h3-8H,1-2H3,(H,23,24)(H,19,20,22). The molecule has 4 rings (SSSR count). The van der Waals surface area contributed by atoms with Crippen LogP contribution in [0.25, 0.3) is 22.9 Å². The monoisotopic (exact) mass is 338 g/mol. The van der Waals surface area contributed by atoms with Crippen molar-refractivity contribution in [2.45, 2.75) is 19.4 Å². The van der Waals surface area contributed by atoms with Gasteiger partial charge in [0.2, 0.25) is 5.95 Å². The number of H-pyrrole nitrogens is 1. The molecule has 3 heterocycles. The number of carboxylic acid groups (broad SMARTS) is 1. The molecule has 0 fully saturated rings. The first-order valence-electron chi connectivity index (χ1n) is 7.57. The molecule has 0 amide bonds. The molecule has 0 atom stereocenters. The summed E-state index contributed by atoms with van der Waals surface area (Å²) in [6, 6.07) is 3.42. The van der Waals surface area contributed by atoms with E-state index in [9.17, 15) is 9.59 Å². The van der Waals surface area contributed by atoms with E-state index in [0.717, 1.165) is 5.56 Å². The summed E-state index contributed by atoms with van der Waals surface area (Å²) in [5.74, 6) is -0.336. The lowest BCUT2D eigenvalue weighted by atomic mass is 10.0. The number of hydrogen-bond acceptors (Lipinski definition) is 5. The third-order valence-electron chi connectivity index (χ3n) is 3.91. The molecule has 0 saturated heterocycles. The number of aromatic nitrogens is 4. The summed E-state index contributed by atoms with van der Waals surface area (Å²) in [7, 11) is 0. The molecule has 1 aliphatic rings. The Labute approximate surface area is 141 Å². The van der Waals surface area contributed by atoms with Gasteiger partial charge in [-0.15, -0.1) is 0 Å². The van der Waals surface area contributed by atoms with Gasteiger partial charge in [0.1, 0.15) is 11.4 Å². The summed E-state index contributed by atoms with van der Waals surface area (Å²) in [5, 5.41) is 13.3. The van der Waals surface area contributed by atoms with E-state index in [2.05, 4.69) is 15.1 Å². The Morgan fingerprint density at radius 3 is 2.88 bits per heavy atom. The van der Waals surface area contributed by atoms with Gasteiger partial charge in [0.25, 0.3) is 5.56 Å². The van der Waals surface area contributed by atoms with Crippen LogP contribution < -0.4 is 10.3 Å². The molecule has 0 spiro atoms. The largest absolute Gasteiger partial charge is 0.483 e. The van der Waals surface area contributed by atoms with Gasteiger partial charge < -0.3 is 9.84 Å². The molecule has 8 heteroatoms. The summed E-state index contributed by atoms with van der Waals surface area (Å²) >= 11 is 0. The van der Waals surface area contributed by atoms with Crippen molar-refractivity contribution in [3.8, 4) is 11.7 Å². The van der Waals surface area contributed by atoms with Crippen LogP contribution >= 0.6 is 0 Å². The van der Waals surface area contributed by atoms with Crippen molar-refractivity contribution in [2.24, 2.45) is 0 Å². The van der Waals surface area contributed by atoms with Crippen LogP contribution in [0.2, 0.25) is 0 Å². The number of fused-ring (bicyclic) bond motifs is 2. The summed E-state index contributed by atoms with van der Waals surface area (Å²) in [6.07, 6.45) is 6.32. The van der Waals surface area contributed by atoms with Crippen molar-refractivity contribution in [2.75, 3.05) is 0 Å². The van der Waals surface area contributed by atoms with Gasteiger partial charge in [-0.2, -0.15) is 5.10 Å². The van der Waals surface area contributed by atoms with E-state index in [0.29, 0.717) is 16.7 Å². The molecule has 0 saturated carbocycles. The van der Waals surface area contributed by atoms with Gasteiger partial charge in [0.15, 0.2) is 0 Å². The molecule has 0 unspecified atom stereocenters. The van der Waals surface area contributed by atoms with Crippen LogP contribution in [-0.4, -0.2) is 36.4 Å². The second-order valence-electron chi connectivity index (χ2n) is 6.31. The SMILES string of the molecule is CC1(C)C=Cc2cc3c(=O)[nH]c(-n4cc(C(=O)O)cn4)nc3cc2O1. The molecule has 1 aliphatic heterocycles. The van der Waals surface area contributed by atoms with Gasteiger partial charge >= 0.3 is 5.97 Å². The molecule has 3 aromatic rings. The molecule has 126 valence electrons. The number of nitrogens with zero attached hydrogens (tertiary/aromatic N) is 3. The third-order valence-corrected chi connectivity index (χ3v) is 3.91. The smallest absolute Gasteiger partial charge is 0.338 e. The summed E-state index contributed by atoms with van der Waals surface area (Å²) in [4.78, 5) is 30.4. The minimum absolute atomic E-state index is 0.00315. The molecule has 2 N–H and O–H groups in total. The third kappa shape index (κ3) is 2.57. The molecule has 0 radical (unpaired) electrons. The number of nitrogens with one attached hydrogen (secondary N) is 1. The van der Waals surface area contributed by atoms with Gasteiger partial charge in [-0.25, -0.2) is 14.5 Å². The van der Waals surface area contributed by atoms with Crippen molar-refractivity contribution in [1.29, 1.82) is 0 Å². The number of aromatic amines is 1. The zero-order valence-corrected chi connectivity index (χ0v) is 13.5. The summed E-state index contributed by atoms with van der Waals surface area (Å²) in [6.45, 7) is 3.87. The zero-order valence-electron chi connectivity index (χ0n) is 13.5. The molecule has 0 bridgehead atoms. The van der Waals surface area contributed by atoms with Gasteiger partial charge in [-0.3, -0.25) is 9.78 Å². The molecule has 25 heavy (non-hydrogen) atoms. The molecular formula is C17H14N4O4. The second kappa shape index (κ2) is 5.04. The lowest BCUT2D eigenvalue weighted by Crippen LogP contribution is -2.27. The molecular weight excluding hydrogens is 324 g/mol. The van der Waals surface area contributed by atoms with Crippen molar-refractivity contribution in [3.05, 3.63) is 52.1 Å². The zero-order chi connectivity index (χ0) is 17.8. The number of carboxylic acids is 1. The average Bonchev–Trinajstić information content (AvgIpc) is 3.02. The van der Waals surface area contributed by atoms with Crippen LogP contribution in [0.4, 0.5) is 0 Å². The Balaban J connectivity index is 1.88. The average molecular weight is 338 g/mol. The van der Waals surface area contributed by atoms with E-state index >= 15 is 0 Å². The predicted octanol–water partition coefficient (Wildman–Crippen LogP) is 1.99. The maximum atomic E-state index is 12.4. The maximum absolute atomic E-state index is 12.4. The fraction of sp³-hybridized carbons (Fsp3) is 0.176. The predicted molar refractivity (Wildman–Crippen MR) is 90.2 cm³/mol. The van der Waals surface area contributed by atoms with E-state index in [1.165, 1.54) is 17.1 Å². The Hall–Kier alpha value is -3.42. The fourth-order valence-corrected chi connectivity index (χ4v) is 2.66. The van der Waals surface area contributed by atoms with Crippen LogP contribution in [0.5, 0.6) is 5.75 Å². The van der Waals surface area contributed by atoms with Gasteiger partial charge in [0.05, 0.1) is 22.7 Å². The van der Waals surface area contributed by atoms with Crippen LogP contribution in [0, 0.1) is 0 Å². The first-order chi connectivity index (χ1) is 11.8. The quantitative estimate of drug-likeness (QED) is 0.739. The van der Waals surface area contributed by atoms with Gasteiger partial charge in [0, 0.05) is 17.8 Å². The Bertz CT molecular complexity index is 1110. The van der Waals surface area contributed by atoms with Crippen molar-refractivity contribution >= 4 is 22.9 Å². The number of hydrogen-bond donors (Lipinski definition) is 2. The van der Waals surface area contributed by atoms with Crippen molar-refractivity contribution < 1.29 is 14.6 Å². The summed E-state index contributed by atoms with van der Waals surface area (Å²) < 4.78 is 7.13. The highest BCUT2D eigenvalue weighted by molar-refractivity contribution is 5.87. The van der Waals surface area contributed by atoms with Crippen molar-refractivity contribution in [3.63, 3.8) is 0 Å². The normalized spacial score (nSPS) is 15.0. The number of rotatable bonds is 2. The number of benzene rings is 1. The minimum Gasteiger partial charge on any atom is -0.483 e. The fourth-order valence-electron chi connectivity index (χ4n) is 2.66. The Morgan fingerprint density at radius 2 is 2.16 bits per heavy atom. The minimum atomic E-state index is -1.11. The highest BCUT2D eigenvalue weighted by Crippen LogP contribution is 2.32. The van der Waals surface area contributed by atoms with Crippen LogP contribution in [0.1, 0.15) is 29.8 Å². The molecule has 1 aromatic carbocycles. The number of aromatic carboxylic acids is 1. The van der Waals surface area contributed by atoms with E-state index in [1.807, 2.05) is 26.0 Å². The van der Waals surface area contributed by atoms with E-state index in [4.69, 9.17) is 9.84 Å². The maximum Gasteiger partial charge on any atom is 0.338 e. The van der Waals surface area contributed by atoms with E-state index < -0.39 is 11.6 Å². The Kier molecular flexibility index (Phi) is 3.05.